The van der Waals surface area contributed by atoms with Gasteiger partial charge in [0.1, 0.15) is 33.8 Å². The molecule has 3 fully saturated rings. The second kappa shape index (κ2) is 14.7. The van der Waals surface area contributed by atoms with Gasteiger partial charge in [0.25, 0.3) is 0 Å². The minimum Gasteiger partial charge on any atom is -0.466 e. The molecule has 0 unspecified atom stereocenters. The Morgan fingerprint density at radius 2 is 1.52 bits per heavy atom. The number of furan rings is 1. The summed E-state index contributed by atoms with van der Waals surface area (Å²) in [7, 11) is 0. The highest BCUT2D eigenvalue weighted by atomic mass is 35.5. The van der Waals surface area contributed by atoms with Crippen LogP contribution in [0.5, 0.6) is 0 Å². The van der Waals surface area contributed by atoms with E-state index in [0.717, 1.165) is 42.4 Å². The molecule has 3 aliphatic carbocycles. The zero-order valence-electron chi connectivity index (χ0n) is 30.7. The fourth-order valence-electron chi connectivity index (χ4n) is 9.05. The van der Waals surface area contributed by atoms with Gasteiger partial charge in [0.2, 0.25) is 5.76 Å². The molecule has 0 spiro atoms. The van der Waals surface area contributed by atoms with E-state index in [1.54, 1.807) is 18.3 Å². The number of halogens is 1. The summed E-state index contributed by atoms with van der Waals surface area (Å²) in [5.41, 5.74) is 4.23. The Bertz CT molecular complexity index is 2460. The van der Waals surface area contributed by atoms with Crippen LogP contribution in [0, 0.1) is 29.1 Å². The van der Waals surface area contributed by atoms with E-state index in [4.69, 9.17) is 40.7 Å². The monoisotopic (exact) mass is 759 g/mol. The maximum absolute atomic E-state index is 13.5. The molecular weight excluding hydrogens is 722 g/mol. The van der Waals surface area contributed by atoms with Crippen molar-refractivity contribution >= 4 is 34.6 Å². The molecule has 0 radical (unpaired) electrons. The summed E-state index contributed by atoms with van der Waals surface area (Å²) in [5.74, 6) is 1.46. The number of esters is 1. The first-order valence-corrected chi connectivity index (χ1v) is 19.4. The molecule has 3 aliphatic rings. The summed E-state index contributed by atoms with van der Waals surface area (Å²) in [5, 5.41) is 13.5. The molecule has 3 saturated carbocycles. The van der Waals surface area contributed by atoms with Gasteiger partial charge in [0.05, 0.1) is 24.3 Å². The molecule has 4 aromatic heterocycles. The first-order valence-electron chi connectivity index (χ1n) is 19.0. The van der Waals surface area contributed by atoms with E-state index in [0.29, 0.717) is 46.4 Å². The molecule has 4 heterocycles. The molecule has 10 rings (SSSR count). The number of carbonyl (C=O) groups excluding carboxylic acids is 1. The number of hydrogen-bond acceptors (Lipinski definition) is 9. The summed E-state index contributed by atoms with van der Waals surface area (Å²) >= 11 is 6.64. The lowest BCUT2D eigenvalue weighted by Crippen LogP contribution is -2.52. The Labute approximate surface area is 329 Å². The largest absolute Gasteiger partial charge is 0.466 e. The third kappa shape index (κ3) is 6.09. The number of nitrogens with zero attached hydrogens (tertiary/aromatic N) is 6. The van der Waals surface area contributed by atoms with Crippen molar-refractivity contribution in [2.75, 3.05) is 11.9 Å². The summed E-state index contributed by atoms with van der Waals surface area (Å²) in [6, 6.07) is 38.0. The molecule has 0 saturated heterocycles. The highest BCUT2D eigenvalue weighted by Crippen LogP contribution is 2.48. The van der Waals surface area contributed by atoms with Crippen LogP contribution < -0.4 is 5.32 Å². The number of benzene rings is 3. The maximum Gasteiger partial charge on any atom is 0.311 e. The Kier molecular flexibility index (Phi) is 9.31. The third-order valence-corrected chi connectivity index (χ3v) is 11.6. The standard InChI is InChI=1S/C45H38ClN7O3/c1-2-55-44(54)39-28-18-20-29(21-19-28)40(39)51-38-24-35(36-23-22-33(25-47)56-36)49-42(52-38)34-27-53(43-41(34)50-37(46)26-48-43)45(30-12-6-3-7-13-30,31-14-8-4-9-15-31)32-16-10-5-11-17-32/h3-17,22-24,26-29,39-40H,2,18-21H2,1H3,(H,49,51,52)/t28?,29?,39-,40-/m0/s1. The summed E-state index contributed by atoms with van der Waals surface area (Å²) < 4.78 is 13.7. The zero-order chi connectivity index (χ0) is 38.2. The number of ether oxygens (including phenoxy) is 1. The van der Waals surface area contributed by atoms with Crippen LogP contribution in [0.15, 0.2) is 126 Å². The van der Waals surface area contributed by atoms with Crippen molar-refractivity contribution in [1.82, 2.24) is 24.5 Å². The molecule has 56 heavy (non-hydrogen) atoms. The average Bonchev–Trinajstić information content (AvgIpc) is 3.89. The van der Waals surface area contributed by atoms with E-state index in [9.17, 15) is 10.1 Å². The molecule has 0 aliphatic heterocycles. The number of nitrogens with one attached hydrogen (secondary N) is 1. The van der Waals surface area contributed by atoms with Gasteiger partial charge in [-0.2, -0.15) is 5.26 Å². The topological polar surface area (TPSA) is 132 Å². The summed E-state index contributed by atoms with van der Waals surface area (Å²) in [6.45, 7) is 2.17. The lowest BCUT2D eigenvalue weighted by atomic mass is 9.61. The summed E-state index contributed by atoms with van der Waals surface area (Å²) in [4.78, 5) is 33.5. The van der Waals surface area contributed by atoms with Crippen molar-refractivity contribution in [3.05, 3.63) is 149 Å². The van der Waals surface area contributed by atoms with Gasteiger partial charge in [-0.15, -0.1) is 0 Å². The second-order valence-corrected chi connectivity index (χ2v) is 14.8. The van der Waals surface area contributed by atoms with Gasteiger partial charge in [-0.25, -0.2) is 19.9 Å². The average molecular weight is 760 g/mol. The minimum atomic E-state index is -0.918. The molecule has 0 amide bonds. The molecule has 3 aromatic carbocycles. The number of nitriles is 1. The number of rotatable bonds is 10. The molecule has 7 aromatic rings. The minimum absolute atomic E-state index is 0.161. The Balaban J connectivity index is 1.29. The number of aromatic nitrogens is 5. The van der Waals surface area contributed by atoms with Crippen molar-refractivity contribution in [3.8, 4) is 28.9 Å². The SMILES string of the molecule is CCOC(=O)[C@H]1C2CCC(CC2)[C@@H]1Nc1cc(-c2ccc(C#N)o2)nc(-c2cn(C(c3ccccc3)(c3ccccc3)c3ccccc3)c3ncc(Cl)nc23)n1. The first-order chi connectivity index (χ1) is 27.5. The van der Waals surface area contributed by atoms with Crippen molar-refractivity contribution in [2.45, 2.75) is 44.2 Å². The van der Waals surface area contributed by atoms with Crippen molar-refractivity contribution in [2.24, 2.45) is 17.8 Å². The van der Waals surface area contributed by atoms with Crippen LogP contribution in [0.3, 0.4) is 0 Å². The van der Waals surface area contributed by atoms with Gasteiger partial charge >= 0.3 is 5.97 Å². The van der Waals surface area contributed by atoms with Crippen molar-refractivity contribution in [3.63, 3.8) is 0 Å². The second-order valence-electron chi connectivity index (χ2n) is 14.4. The van der Waals surface area contributed by atoms with Crippen LogP contribution in [-0.4, -0.2) is 43.1 Å². The Hall–Kier alpha value is -6.31. The molecular formula is C45H38ClN7O3. The van der Waals surface area contributed by atoms with Gasteiger partial charge in [-0.1, -0.05) is 103 Å². The maximum atomic E-state index is 13.5. The molecule has 278 valence electrons. The lowest BCUT2D eigenvalue weighted by molar-refractivity contribution is -0.154. The molecule has 11 heteroatoms. The number of hydrogen-bond donors (Lipinski definition) is 1. The highest BCUT2D eigenvalue weighted by Gasteiger charge is 2.48. The fraction of sp³-hybridized carbons (Fsp3) is 0.244. The van der Waals surface area contributed by atoms with Crippen LogP contribution in [0.2, 0.25) is 5.15 Å². The van der Waals surface area contributed by atoms with E-state index in [2.05, 4.69) is 52.4 Å². The lowest BCUT2D eigenvalue weighted by Gasteiger charge is -2.47. The number of anilines is 1. The van der Waals surface area contributed by atoms with E-state index >= 15 is 0 Å². The molecule has 1 N–H and O–H groups in total. The third-order valence-electron chi connectivity index (χ3n) is 11.4. The van der Waals surface area contributed by atoms with Gasteiger partial charge in [0, 0.05) is 18.3 Å². The van der Waals surface area contributed by atoms with Crippen LogP contribution in [-0.2, 0) is 15.1 Å². The van der Waals surface area contributed by atoms with Crippen LogP contribution in [0.1, 0.15) is 55.1 Å². The van der Waals surface area contributed by atoms with E-state index < -0.39 is 5.54 Å². The first kappa shape index (κ1) is 35.4. The Morgan fingerprint density at radius 1 is 0.893 bits per heavy atom. The zero-order valence-corrected chi connectivity index (χ0v) is 31.4. The predicted octanol–water partition coefficient (Wildman–Crippen LogP) is 9.29. The predicted molar refractivity (Wildman–Crippen MR) is 214 cm³/mol. The molecule has 2 atom stereocenters. The van der Waals surface area contributed by atoms with Gasteiger partial charge < -0.3 is 19.0 Å². The van der Waals surface area contributed by atoms with Crippen LogP contribution in [0.4, 0.5) is 5.82 Å². The number of carbonyl (C=O) groups is 1. The normalized spacial score (nSPS) is 19.1. The quantitative estimate of drug-likeness (QED) is 0.107. The van der Waals surface area contributed by atoms with Gasteiger partial charge in [0.15, 0.2) is 17.2 Å². The molecule has 2 bridgehead atoms. The van der Waals surface area contributed by atoms with Gasteiger partial charge in [-0.05, 0) is 73.3 Å². The summed E-state index contributed by atoms with van der Waals surface area (Å²) in [6.07, 6.45) is 7.61. The van der Waals surface area contributed by atoms with E-state index in [-0.39, 0.29) is 40.7 Å². The smallest absolute Gasteiger partial charge is 0.311 e. The Morgan fingerprint density at radius 3 is 2.11 bits per heavy atom. The highest BCUT2D eigenvalue weighted by molar-refractivity contribution is 6.29. The van der Waals surface area contributed by atoms with Crippen LogP contribution >= 0.6 is 11.6 Å². The van der Waals surface area contributed by atoms with Gasteiger partial charge in [-0.3, -0.25) is 4.79 Å². The van der Waals surface area contributed by atoms with Crippen molar-refractivity contribution < 1.29 is 13.9 Å². The number of fused-ring (bicyclic) bond motifs is 4. The van der Waals surface area contributed by atoms with E-state index in [1.165, 1.54) is 0 Å². The molecule has 10 nitrogen and oxygen atoms in total. The fourth-order valence-corrected chi connectivity index (χ4v) is 9.19. The van der Waals surface area contributed by atoms with E-state index in [1.807, 2.05) is 73.8 Å². The van der Waals surface area contributed by atoms with Crippen LogP contribution in [0.25, 0.3) is 34.0 Å². The van der Waals surface area contributed by atoms with Crippen molar-refractivity contribution in [1.29, 1.82) is 5.26 Å².